The summed E-state index contributed by atoms with van der Waals surface area (Å²) in [6.07, 6.45) is 2.09. The maximum Gasteiger partial charge on any atom is 0.232 e. The first-order valence-corrected chi connectivity index (χ1v) is 8.85. The quantitative estimate of drug-likeness (QED) is 0.730. The van der Waals surface area contributed by atoms with E-state index >= 15 is 0 Å². The lowest BCUT2D eigenvalue weighted by Gasteiger charge is -2.23. The van der Waals surface area contributed by atoms with Crippen LogP contribution >= 0.6 is 0 Å². The van der Waals surface area contributed by atoms with Crippen molar-refractivity contribution in [1.82, 2.24) is 15.0 Å². The van der Waals surface area contributed by atoms with Crippen molar-refractivity contribution in [3.63, 3.8) is 0 Å². The first kappa shape index (κ1) is 16.5. The van der Waals surface area contributed by atoms with Crippen LogP contribution in [0.15, 0.2) is 60.7 Å². The van der Waals surface area contributed by atoms with Gasteiger partial charge in [0.15, 0.2) is 5.82 Å². The van der Waals surface area contributed by atoms with E-state index in [1.807, 2.05) is 60.7 Å². The summed E-state index contributed by atoms with van der Waals surface area (Å²) >= 11 is 0. The summed E-state index contributed by atoms with van der Waals surface area (Å²) in [5.41, 5.74) is 1.89. The largest absolute Gasteiger partial charge is 0.379 e. The number of hydrogen-bond acceptors (Lipinski definition) is 6. The number of benzene rings is 2. The lowest BCUT2D eigenvalue weighted by molar-refractivity contribution is 0.0874. The van der Waals surface area contributed by atoms with Gasteiger partial charge in [-0.25, -0.2) is 0 Å². The molecule has 1 aromatic heterocycles. The van der Waals surface area contributed by atoms with Crippen molar-refractivity contribution in [1.29, 1.82) is 0 Å². The summed E-state index contributed by atoms with van der Waals surface area (Å²) < 4.78 is 5.55. The Bertz CT molecular complexity index is 835. The number of rotatable bonds is 5. The Morgan fingerprint density at radius 3 is 2.31 bits per heavy atom. The van der Waals surface area contributed by atoms with E-state index in [1.165, 1.54) is 0 Å². The zero-order valence-corrected chi connectivity index (χ0v) is 14.4. The Morgan fingerprint density at radius 1 is 0.846 bits per heavy atom. The monoisotopic (exact) mass is 347 g/mol. The molecular weight excluding hydrogens is 326 g/mol. The zero-order chi connectivity index (χ0) is 17.6. The zero-order valence-electron chi connectivity index (χ0n) is 14.4. The number of anilines is 3. The van der Waals surface area contributed by atoms with Crippen molar-refractivity contribution in [2.24, 2.45) is 0 Å². The van der Waals surface area contributed by atoms with E-state index in [0.29, 0.717) is 24.3 Å². The van der Waals surface area contributed by atoms with Gasteiger partial charge < -0.3 is 15.4 Å². The molecule has 2 N–H and O–H groups in total. The third-order valence-corrected chi connectivity index (χ3v) is 4.19. The number of para-hydroxylation sites is 1. The molecule has 1 fully saturated rings. The maximum absolute atomic E-state index is 5.55. The third kappa shape index (κ3) is 4.15. The molecule has 1 unspecified atom stereocenters. The summed E-state index contributed by atoms with van der Waals surface area (Å²) in [6.45, 7) is 1.50. The standard InChI is InChI=1S/C20H21N5O/c1-3-8-15(9-4-1)18-23-19(21-16-10-5-2-6-11-16)25-20(24-18)22-17-12-7-13-26-14-17/h1-6,8-11,17H,7,12-14H2,(H2,21,22,23,24,25). The van der Waals surface area contributed by atoms with E-state index in [0.717, 1.165) is 30.7 Å². The predicted molar refractivity (Wildman–Crippen MR) is 102 cm³/mol. The minimum Gasteiger partial charge on any atom is -0.379 e. The number of hydrogen-bond donors (Lipinski definition) is 2. The third-order valence-electron chi connectivity index (χ3n) is 4.19. The number of nitrogens with one attached hydrogen (secondary N) is 2. The molecule has 1 aliphatic rings. The second-order valence-electron chi connectivity index (χ2n) is 6.22. The van der Waals surface area contributed by atoms with Gasteiger partial charge in [-0.3, -0.25) is 0 Å². The van der Waals surface area contributed by atoms with Crippen molar-refractivity contribution in [2.75, 3.05) is 23.8 Å². The Labute approximate surface area is 152 Å². The molecule has 6 heteroatoms. The molecule has 0 saturated carbocycles. The minimum absolute atomic E-state index is 0.222. The fourth-order valence-electron chi connectivity index (χ4n) is 2.90. The fraction of sp³-hybridized carbons (Fsp3) is 0.250. The molecule has 1 atom stereocenters. The van der Waals surface area contributed by atoms with Crippen LogP contribution in [0.25, 0.3) is 11.4 Å². The molecule has 1 aliphatic heterocycles. The van der Waals surface area contributed by atoms with Crippen LogP contribution in [0.1, 0.15) is 12.8 Å². The van der Waals surface area contributed by atoms with Crippen molar-refractivity contribution in [2.45, 2.75) is 18.9 Å². The molecule has 3 aromatic rings. The van der Waals surface area contributed by atoms with Crippen molar-refractivity contribution < 1.29 is 4.74 Å². The van der Waals surface area contributed by atoms with E-state index in [-0.39, 0.29) is 6.04 Å². The summed E-state index contributed by atoms with van der Waals surface area (Å²) in [6, 6.07) is 20.0. The van der Waals surface area contributed by atoms with Gasteiger partial charge in [-0.15, -0.1) is 0 Å². The van der Waals surface area contributed by atoms with E-state index in [1.54, 1.807) is 0 Å². The summed E-state index contributed by atoms with van der Waals surface area (Å²) in [7, 11) is 0. The molecule has 1 saturated heterocycles. The highest BCUT2D eigenvalue weighted by Crippen LogP contribution is 2.21. The van der Waals surface area contributed by atoms with Crippen LogP contribution in [0.2, 0.25) is 0 Å². The SMILES string of the molecule is c1ccc(Nc2nc(NC3CCCOC3)nc(-c3ccccc3)n2)cc1. The Hall–Kier alpha value is -2.99. The molecule has 0 bridgehead atoms. The van der Waals surface area contributed by atoms with E-state index < -0.39 is 0 Å². The van der Waals surface area contributed by atoms with Gasteiger partial charge in [0.25, 0.3) is 0 Å². The molecule has 132 valence electrons. The smallest absolute Gasteiger partial charge is 0.232 e. The number of aromatic nitrogens is 3. The second-order valence-corrected chi connectivity index (χ2v) is 6.22. The van der Waals surface area contributed by atoms with Gasteiger partial charge in [-0.05, 0) is 25.0 Å². The van der Waals surface area contributed by atoms with Gasteiger partial charge >= 0.3 is 0 Å². The summed E-state index contributed by atoms with van der Waals surface area (Å²) in [5.74, 6) is 1.72. The van der Waals surface area contributed by atoms with E-state index in [4.69, 9.17) is 4.74 Å². The molecule has 6 nitrogen and oxygen atoms in total. The molecular formula is C20H21N5O. The van der Waals surface area contributed by atoms with E-state index in [9.17, 15) is 0 Å². The number of ether oxygens (including phenoxy) is 1. The first-order valence-electron chi connectivity index (χ1n) is 8.85. The highest BCUT2D eigenvalue weighted by Gasteiger charge is 2.16. The van der Waals surface area contributed by atoms with Gasteiger partial charge in [-0.1, -0.05) is 48.5 Å². The molecule has 0 aliphatic carbocycles. The van der Waals surface area contributed by atoms with Crippen LogP contribution in [-0.4, -0.2) is 34.2 Å². The Morgan fingerprint density at radius 2 is 1.58 bits per heavy atom. The van der Waals surface area contributed by atoms with Crippen LogP contribution < -0.4 is 10.6 Å². The van der Waals surface area contributed by atoms with Crippen LogP contribution in [0.4, 0.5) is 17.6 Å². The summed E-state index contributed by atoms with van der Waals surface area (Å²) in [5, 5.41) is 6.65. The Balaban J connectivity index is 1.64. The second kappa shape index (κ2) is 7.93. The van der Waals surface area contributed by atoms with E-state index in [2.05, 4.69) is 25.6 Å². The predicted octanol–water partition coefficient (Wildman–Crippen LogP) is 3.87. The topological polar surface area (TPSA) is 72.0 Å². The van der Waals surface area contributed by atoms with Crippen LogP contribution in [0.3, 0.4) is 0 Å². The van der Waals surface area contributed by atoms with Crippen molar-refractivity contribution >= 4 is 17.6 Å². The first-order chi connectivity index (χ1) is 12.9. The molecule has 2 aromatic carbocycles. The molecule has 2 heterocycles. The summed E-state index contributed by atoms with van der Waals surface area (Å²) in [4.78, 5) is 13.7. The minimum atomic E-state index is 0.222. The molecule has 0 spiro atoms. The fourth-order valence-corrected chi connectivity index (χ4v) is 2.90. The number of nitrogens with zero attached hydrogens (tertiary/aromatic N) is 3. The lowest BCUT2D eigenvalue weighted by atomic mass is 10.1. The molecule has 26 heavy (non-hydrogen) atoms. The van der Waals surface area contributed by atoms with Gasteiger partial charge in [-0.2, -0.15) is 15.0 Å². The highest BCUT2D eigenvalue weighted by molar-refractivity contribution is 5.60. The van der Waals surface area contributed by atoms with Crippen molar-refractivity contribution in [3.8, 4) is 11.4 Å². The average Bonchev–Trinajstić information content (AvgIpc) is 2.70. The lowest BCUT2D eigenvalue weighted by Crippen LogP contribution is -2.31. The molecule has 0 radical (unpaired) electrons. The van der Waals surface area contributed by atoms with Gasteiger partial charge in [0, 0.05) is 17.9 Å². The average molecular weight is 347 g/mol. The van der Waals surface area contributed by atoms with Crippen LogP contribution in [0.5, 0.6) is 0 Å². The normalized spacial score (nSPS) is 16.8. The molecule has 0 amide bonds. The van der Waals surface area contributed by atoms with Crippen molar-refractivity contribution in [3.05, 3.63) is 60.7 Å². The van der Waals surface area contributed by atoms with Gasteiger partial charge in [0.1, 0.15) is 0 Å². The Kier molecular flexibility index (Phi) is 5.02. The van der Waals surface area contributed by atoms with Gasteiger partial charge in [0.2, 0.25) is 11.9 Å². The maximum atomic E-state index is 5.55. The van der Waals surface area contributed by atoms with Crippen LogP contribution in [0, 0.1) is 0 Å². The molecule has 4 rings (SSSR count). The highest BCUT2D eigenvalue weighted by atomic mass is 16.5. The van der Waals surface area contributed by atoms with Gasteiger partial charge in [0.05, 0.1) is 12.6 Å². The van der Waals surface area contributed by atoms with Crippen LogP contribution in [-0.2, 0) is 4.74 Å².